The Morgan fingerprint density at radius 2 is 1.79 bits per heavy atom. The Balaban J connectivity index is 1.46. The largest absolute Gasteiger partial charge is 0.298 e. The molecule has 1 saturated carbocycles. The van der Waals surface area contributed by atoms with Crippen LogP contribution >= 0.6 is 34.5 Å². The van der Waals surface area contributed by atoms with Crippen molar-refractivity contribution in [2.45, 2.75) is 43.0 Å². The standard InChI is InChI=1S/C23H23Cl2N3O3S2/c1-28(17-5-3-2-4-6-17)33(30,31)18-10-7-15(8-11-18)22(29)27-23-26-21(14-32-23)19-13-16(24)9-12-20(19)25/h7-14,17H,2-6H2,1H3,(H,26,27,29). The molecule has 3 aromatic rings. The van der Waals surface area contributed by atoms with Gasteiger partial charge < -0.3 is 0 Å². The lowest BCUT2D eigenvalue weighted by molar-refractivity contribution is 0.102. The highest BCUT2D eigenvalue weighted by Gasteiger charge is 2.29. The van der Waals surface area contributed by atoms with Gasteiger partial charge in [0.1, 0.15) is 0 Å². The maximum absolute atomic E-state index is 13.0. The number of thiazole rings is 1. The molecule has 2 aromatic carbocycles. The zero-order chi connectivity index (χ0) is 23.6. The predicted octanol–water partition coefficient (Wildman–Crippen LogP) is 6.32. The van der Waals surface area contributed by atoms with Crippen LogP contribution in [0.25, 0.3) is 11.3 Å². The van der Waals surface area contributed by atoms with Gasteiger partial charge in [0.15, 0.2) is 5.13 Å². The van der Waals surface area contributed by atoms with E-state index in [4.69, 9.17) is 23.2 Å². The summed E-state index contributed by atoms with van der Waals surface area (Å²) in [6.07, 6.45) is 5.01. The van der Waals surface area contributed by atoms with E-state index in [0.29, 0.717) is 32.0 Å². The Morgan fingerprint density at radius 3 is 2.48 bits per heavy atom. The summed E-state index contributed by atoms with van der Waals surface area (Å²) in [5.41, 5.74) is 1.62. The number of amides is 1. The van der Waals surface area contributed by atoms with Gasteiger partial charge in [0.2, 0.25) is 10.0 Å². The Bertz CT molecular complexity index is 1250. The highest BCUT2D eigenvalue weighted by molar-refractivity contribution is 7.89. The number of carbonyl (C=O) groups excluding carboxylic acids is 1. The van der Waals surface area contributed by atoms with Crippen LogP contribution in [-0.4, -0.2) is 36.7 Å². The highest BCUT2D eigenvalue weighted by atomic mass is 35.5. The number of sulfonamides is 1. The first-order valence-electron chi connectivity index (χ1n) is 10.6. The molecule has 1 amide bonds. The molecule has 4 rings (SSSR count). The summed E-state index contributed by atoms with van der Waals surface area (Å²) >= 11 is 13.5. The number of hydrogen-bond acceptors (Lipinski definition) is 5. The van der Waals surface area contributed by atoms with E-state index in [1.807, 2.05) is 0 Å². The van der Waals surface area contributed by atoms with Crippen LogP contribution in [0.4, 0.5) is 5.13 Å². The van der Waals surface area contributed by atoms with Crippen LogP contribution in [0.1, 0.15) is 42.5 Å². The fraction of sp³-hybridized carbons (Fsp3) is 0.304. The summed E-state index contributed by atoms with van der Waals surface area (Å²) < 4.78 is 27.5. The van der Waals surface area contributed by atoms with E-state index in [1.165, 1.54) is 39.9 Å². The van der Waals surface area contributed by atoms with Gasteiger partial charge in [0.05, 0.1) is 15.6 Å². The van der Waals surface area contributed by atoms with Gasteiger partial charge in [-0.1, -0.05) is 42.5 Å². The van der Waals surface area contributed by atoms with Gasteiger partial charge >= 0.3 is 0 Å². The van der Waals surface area contributed by atoms with Crippen LogP contribution in [0, 0.1) is 0 Å². The van der Waals surface area contributed by atoms with Gasteiger partial charge in [-0.2, -0.15) is 4.31 Å². The molecular weight excluding hydrogens is 501 g/mol. The summed E-state index contributed by atoms with van der Waals surface area (Å²) in [6, 6.07) is 11.1. The molecule has 0 bridgehead atoms. The SMILES string of the molecule is CN(C1CCCCC1)S(=O)(=O)c1ccc(C(=O)Nc2nc(-c3cc(Cl)ccc3Cl)cs2)cc1. The van der Waals surface area contributed by atoms with Gasteiger partial charge in [-0.15, -0.1) is 11.3 Å². The average molecular weight is 524 g/mol. The fourth-order valence-corrected chi connectivity index (χ4v) is 6.41. The number of benzene rings is 2. The summed E-state index contributed by atoms with van der Waals surface area (Å²) in [6.45, 7) is 0. The van der Waals surface area contributed by atoms with Crippen molar-refractivity contribution >= 4 is 55.6 Å². The molecule has 0 atom stereocenters. The lowest BCUT2D eigenvalue weighted by Crippen LogP contribution is -2.38. The zero-order valence-corrected chi connectivity index (χ0v) is 21.1. The smallest absolute Gasteiger partial charge is 0.257 e. The Labute approximate surface area is 207 Å². The zero-order valence-electron chi connectivity index (χ0n) is 17.9. The quantitative estimate of drug-likeness (QED) is 0.409. The van der Waals surface area contributed by atoms with E-state index in [0.717, 1.165) is 32.1 Å². The van der Waals surface area contributed by atoms with Gasteiger partial charge in [0, 0.05) is 34.6 Å². The van der Waals surface area contributed by atoms with E-state index in [9.17, 15) is 13.2 Å². The summed E-state index contributed by atoms with van der Waals surface area (Å²) in [5.74, 6) is -0.377. The van der Waals surface area contributed by atoms with Crippen molar-refractivity contribution in [2.24, 2.45) is 0 Å². The van der Waals surface area contributed by atoms with Crippen LogP contribution in [0.5, 0.6) is 0 Å². The number of nitrogens with one attached hydrogen (secondary N) is 1. The topological polar surface area (TPSA) is 79.4 Å². The molecule has 33 heavy (non-hydrogen) atoms. The van der Waals surface area contributed by atoms with Crippen molar-refractivity contribution in [3.05, 3.63) is 63.5 Å². The lowest BCUT2D eigenvalue weighted by atomic mass is 9.96. The van der Waals surface area contributed by atoms with Crippen molar-refractivity contribution < 1.29 is 13.2 Å². The molecule has 0 spiro atoms. The monoisotopic (exact) mass is 523 g/mol. The molecule has 1 aliphatic carbocycles. The van der Waals surface area contributed by atoms with Crippen LogP contribution in [-0.2, 0) is 10.0 Å². The molecule has 1 N–H and O–H groups in total. The van der Waals surface area contributed by atoms with Crippen LogP contribution in [0.2, 0.25) is 10.0 Å². The second kappa shape index (κ2) is 10.1. The molecule has 1 aliphatic rings. The molecule has 0 radical (unpaired) electrons. The number of hydrogen-bond donors (Lipinski definition) is 1. The number of rotatable bonds is 6. The Kier molecular flexibility index (Phi) is 7.40. The number of nitrogens with zero attached hydrogens (tertiary/aromatic N) is 2. The predicted molar refractivity (Wildman–Crippen MR) is 134 cm³/mol. The molecule has 0 aliphatic heterocycles. The highest BCUT2D eigenvalue weighted by Crippen LogP contribution is 2.33. The Morgan fingerprint density at radius 1 is 1.09 bits per heavy atom. The molecule has 1 heterocycles. The summed E-state index contributed by atoms with van der Waals surface area (Å²) in [7, 11) is -1.97. The van der Waals surface area contributed by atoms with Crippen molar-refractivity contribution in [3.63, 3.8) is 0 Å². The number of halogens is 2. The first kappa shape index (κ1) is 24.2. The third-order valence-corrected chi connectivity index (χ3v) is 9.06. The fourth-order valence-electron chi connectivity index (χ4n) is 3.90. The van der Waals surface area contributed by atoms with E-state index in [2.05, 4.69) is 10.3 Å². The maximum atomic E-state index is 13.0. The average Bonchev–Trinajstić information content (AvgIpc) is 3.29. The molecule has 0 saturated heterocycles. The van der Waals surface area contributed by atoms with Crippen molar-refractivity contribution in [1.29, 1.82) is 0 Å². The van der Waals surface area contributed by atoms with Crippen LogP contribution in [0.3, 0.4) is 0 Å². The molecule has 10 heteroatoms. The minimum Gasteiger partial charge on any atom is -0.298 e. The summed E-state index contributed by atoms with van der Waals surface area (Å²) in [4.78, 5) is 17.3. The summed E-state index contributed by atoms with van der Waals surface area (Å²) in [5, 5.41) is 5.98. The molecule has 1 aromatic heterocycles. The Hall–Kier alpha value is -1.97. The van der Waals surface area contributed by atoms with E-state index >= 15 is 0 Å². The van der Waals surface area contributed by atoms with Crippen molar-refractivity contribution in [2.75, 3.05) is 12.4 Å². The number of anilines is 1. The molecule has 0 unspecified atom stereocenters. The van der Waals surface area contributed by atoms with Gasteiger partial charge in [-0.3, -0.25) is 10.1 Å². The maximum Gasteiger partial charge on any atom is 0.257 e. The second-order valence-corrected chi connectivity index (χ2v) is 11.7. The minimum absolute atomic E-state index is 0.0267. The van der Waals surface area contributed by atoms with Crippen molar-refractivity contribution in [1.82, 2.24) is 9.29 Å². The van der Waals surface area contributed by atoms with Crippen molar-refractivity contribution in [3.8, 4) is 11.3 Å². The molecule has 1 fully saturated rings. The molecule has 174 valence electrons. The molecule has 6 nitrogen and oxygen atoms in total. The van der Waals surface area contributed by atoms with E-state index < -0.39 is 10.0 Å². The first-order chi connectivity index (χ1) is 15.8. The van der Waals surface area contributed by atoms with Gasteiger partial charge in [-0.05, 0) is 55.3 Å². The first-order valence-corrected chi connectivity index (χ1v) is 13.6. The van der Waals surface area contributed by atoms with E-state index in [1.54, 1.807) is 30.6 Å². The second-order valence-electron chi connectivity index (χ2n) is 7.95. The normalized spacial score (nSPS) is 15.0. The number of aromatic nitrogens is 1. The minimum atomic E-state index is -3.61. The number of carbonyl (C=O) groups is 1. The molecular formula is C23H23Cl2N3O3S2. The van der Waals surface area contributed by atoms with Gasteiger partial charge in [0.25, 0.3) is 5.91 Å². The van der Waals surface area contributed by atoms with Crippen LogP contribution in [0.15, 0.2) is 52.7 Å². The lowest BCUT2D eigenvalue weighted by Gasteiger charge is -2.30. The third-order valence-electron chi connectivity index (χ3n) is 5.81. The third kappa shape index (κ3) is 5.41. The van der Waals surface area contributed by atoms with E-state index in [-0.39, 0.29) is 16.8 Å². The van der Waals surface area contributed by atoms with Gasteiger partial charge in [-0.25, -0.2) is 13.4 Å². The van der Waals surface area contributed by atoms with Crippen LogP contribution < -0.4 is 5.32 Å².